The Bertz CT molecular complexity index is 372. The number of rotatable bonds is 9. The van der Waals surface area contributed by atoms with Crippen LogP contribution in [-0.2, 0) is 11.3 Å². The van der Waals surface area contributed by atoms with Crippen molar-refractivity contribution < 1.29 is 4.74 Å². The maximum Gasteiger partial charge on any atom is 0.157 e. The minimum Gasteiger partial charge on any atom is -0.377 e. The molecule has 0 bridgehead atoms. The van der Waals surface area contributed by atoms with Crippen LogP contribution in [0.3, 0.4) is 0 Å². The van der Waals surface area contributed by atoms with Gasteiger partial charge in [-0.1, -0.05) is 20.8 Å². The fourth-order valence-corrected chi connectivity index (χ4v) is 2.65. The highest BCUT2D eigenvalue weighted by Gasteiger charge is 2.05. The quantitative estimate of drug-likeness (QED) is 0.554. The SMILES string of the molecule is CCCNc1cc(SCCC(C)C)nc(COC)n1. The molecule has 1 aromatic rings. The molecule has 0 aliphatic heterocycles. The zero-order valence-electron chi connectivity index (χ0n) is 12.4. The highest BCUT2D eigenvalue weighted by Crippen LogP contribution is 2.21. The summed E-state index contributed by atoms with van der Waals surface area (Å²) >= 11 is 1.79. The number of hydrogen-bond donors (Lipinski definition) is 1. The lowest BCUT2D eigenvalue weighted by Gasteiger charge is -2.09. The van der Waals surface area contributed by atoms with E-state index in [2.05, 4.69) is 36.1 Å². The van der Waals surface area contributed by atoms with Gasteiger partial charge in [-0.25, -0.2) is 9.97 Å². The van der Waals surface area contributed by atoms with E-state index in [1.165, 1.54) is 6.42 Å². The number of aromatic nitrogens is 2. The van der Waals surface area contributed by atoms with Crippen LogP contribution in [0.25, 0.3) is 0 Å². The molecule has 4 nitrogen and oxygen atoms in total. The van der Waals surface area contributed by atoms with E-state index in [0.29, 0.717) is 6.61 Å². The number of ether oxygens (including phenoxy) is 1. The molecular weight excluding hydrogens is 258 g/mol. The summed E-state index contributed by atoms with van der Waals surface area (Å²) < 4.78 is 5.12. The average Bonchev–Trinajstić information content (AvgIpc) is 2.36. The Hall–Kier alpha value is -0.810. The van der Waals surface area contributed by atoms with Crippen molar-refractivity contribution in [2.75, 3.05) is 24.7 Å². The van der Waals surface area contributed by atoms with E-state index >= 15 is 0 Å². The molecule has 19 heavy (non-hydrogen) atoms. The van der Waals surface area contributed by atoms with Crippen LogP contribution >= 0.6 is 11.8 Å². The Morgan fingerprint density at radius 1 is 1.37 bits per heavy atom. The van der Waals surface area contributed by atoms with Gasteiger partial charge in [0.2, 0.25) is 0 Å². The first-order chi connectivity index (χ1) is 9.15. The Morgan fingerprint density at radius 3 is 2.79 bits per heavy atom. The number of hydrogen-bond acceptors (Lipinski definition) is 5. The van der Waals surface area contributed by atoms with E-state index in [1.54, 1.807) is 18.9 Å². The van der Waals surface area contributed by atoms with E-state index in [9.17, 15) is 0 Å². The predicted molar refractivity (Wildman–Crippen MR) is 81.7 cm³/mol. The van der Waals surface area contributed by atoms with Gasteiger partial charge in [0, 0.05) is 19.7 Å². The van der Waals surface area contributed by atoms with Gasteiger partial charge in [0.05, 0.1) is 0 Å². The minimum absolute atomic E-state index is 0.458. The summed E-state index contributed by atoms with van der Waals surface area (Å²) in [6, 6.07) is 2.03. The number of nitrogens with one attached hydrogen (secondary N) is 1. The van der Waals surface area contributed by atoms with E-state index in [1.807, 2.05) is 6.07 Å². The van der Waals surface area contributed by atoms with Gasteiger partial charge >= 0.3 is 0 Å². The summed E-state index contributed by atoms with van der Waals surface area (Å²) in [6.45, 7) is 8.01. The molecule has 0 aliphatic carbocycles. The maximum absolute atomic E-state index is 5.12. The van der Waals surface area contributed by atoms with Crippen LogP contribution in [0.2, 0.25) is 0 Å². The van der Waals surface area contributed by atoms with Crippen LogP contribution in [0.4, 0.5) is 5.82 Å². The Balaban J connectivity index is 2.68. The van der Waals surface area contributed by atoms with Crippen molar-refractivity contribution >= 4 is 17.6 Å². The molecule has 0 spiro atoms. The monoisotopic (exact) mass is 283 g/mol. The lowest BCUT2D eigenvalue weighted by Crippen LogP contribution is -2.06. The summed E-state index contributed by atoms with van der Waals surface area (Å²) in [4.78, 5) is 8.96. The first-order valence-corrected chi connectivity index (χ1v) is 7.87. The largest absolute Gasteiger partial charge is 0.377 e. The summed E-state index contributed by atoms with van der Waals surface area (Å²) in [7, 11) is 1.67. The summed E-state index contributed by atoms with van der Waals surface area (Å²) in [6.07, 6.45) is 2.28. The molecule has 0 aromatic carbocycles. The van der Waals surface area contributed by atoms with Crippen LogP contribution < -0.4 is 5.32 Å². The van der Waals surface area contributed by atoms with Gasteiger partial charge in [0.25, 0.3) is 0 Å². The molecule has 108 valence electrons. The van der Waals surface area contributed by atoms with Gasteiger partial charge in [-0.2, -0.15) is 0 Å². The second kappa shape index (κ2) is 9.15. The van der Waals surface area contributed by atoms with Crippen LogP contribution in [0.1, 0.15) is 39.4 Å². The molecule has 0 fully saturated rings. The van der Waals surface area contributed by atoms with Gasteiger partial charge < -0.3 is 10.1 Å². The summed E-state index contributed by atoms with van der Waals surface area (Å²) in [5, 5.41) is 4.34. The van der Waals surface area contributed by atoms with Gasteiger partial charge in [-0.3, -0.25) is 0 Å². The van der Waals surface area contributed by atoms with Crippen molar-refractivity contribution in [3.8, 4) is 0 Å². The third-order valence-electron chi connectivity index (χ3n) is 2.52. The van der Waals surface area contributed by atoms with Crippen molar-refractivity contribution in [1.82, 2.24) is 9.97 Å². The third kappa shape index (κ3) is 6.78. The van der Waals surface area contributed by atoms with Gasteiger partial charge in [0.1, 0.15) is 17.5 Å². The van der Waals surface area contributed by atoms with E-state index < -0.39 is 0 Å². The third-order valence-corrected chi connectivity index (χ3v) is 3.47. The molecule has 1 rings (SSSR count). The van der Waals surface area contributed by atoms with E-state index in [4.69, 9.17) is 4.74 Å². The highest BCUT2D eigenvalue weighted by molar-refractivity contribution is 7.99. The Kier molecular flexibility index (Phi) is 7.82. The minimum atomic E-state index is 0.458. The maximum atomic E-state index is 5.12. The Morgan fingerprint density at radius 2 is 2.16 bits per heavy atom. The average molecular weight is 283 g/mol. The van der Waals surface area contributed by atoms with Gasteiger partial charge in [-0.05, 0) is 24.5 Å². The molecule has 1 aromatic heterocycles. The zero-order valence-corrected chi connectivity index (χ0v) is 13.2. The molecule has 0 aliphatic rings. The Labute approximate surface area is 120 Å². The number of methoxy groups -OCH3 is 1. The summed E-state index contributed by atoms with van der Waals surface area (Å²) in [5.41, 5.74) is 0. The van der Waals surface area contributed by atoms with Crippen LogP contribution in [0, 0.1) is 5.92 Å². The lowest BCUT2D eigenvalue weighted by atomic mass is 10.2. The van der Waals surface area contributed by atoms with Crippen LogP contribution in [0.5, 0.6) is 0 Å². The summed E-state index contributed by atoms with van der Waals surface area (Å²) in [5.74, 6) is 3.46. The van der Waals surface area contributed by atoms with Crippen molar-refractivity contribution in [3.05, 3.63) is 11.9 Å². The predicted octanol–water partition coefficient (Wildman–Crippen LogP) is 3.58. The molecule has 0 amide bonds. The number of nitrogens with zero attached hydrogens (tertiary/aromatic N) is 2. The smallest absolute Gasteiger partial charge is 0.157 e. The first-order valence-electron chi connectivity index (χ1n) is 6.89. The molecule has 0 radical (unpaired) electrons. The molecule has 0 atom stereocenters. The molecule has 0 unspecified atom stereocenters. The van der Waals surface area contributed by atoms with Crippen molar-refractivity contribution in [1.29, 1.82) is 0 Å². The molecule has 1 N–H and O–H groups in total. The molecule has 0 saturated carbocycles. The molecular formula is C14H25N3OS. The van der Waals surface area contributed by atoms with E-state index in [0.717, 1.165) is 41.3 Å². The highest BCUT2D eigenvalue weighted by atomic mass is 32.2. The second-order valence-corrected chi connectivity index (χ2v) is 6.01. The normalized spacial score (nSPS) is 11.0. The second-order valence-electron chi connectivity index (χ2n) is 4.90. The van der Waals surface area contributed by atoms with Crippen molar-refractivity contribution in [3.63, 3.8) is 0 Å². The fourth-order valence-electron chi connectivity index (χ4n) is 1.48. The first kappa shape index (κ1) is 16.2. The molecule has 5 heteroatoms. The number of thioether (sulfide) groups is 1. The van der Waals surface area contributed by atoms with E-state index in [-0.39, 0.29) is 0 Å². The van der Waals surface area contributed by atoms with Gasteiger partial charge in [-0.15, -0.1) is 11.8 Å². The van der Waals surface area contributed by atoms with Crippen molar-refractivity contribution in [2.45, 2.75) is 45.2 Å². The number of anilines is 1. The van der Waals surface area contributed by atoms with Crippen LogP contribution in [0.15, 0.2) is 11.1 Å². The zero-order chi connectivity index (χ0) is 14.1. The van der Waals surface area contributed by atoms with Crippen LogP contribution in [-0.4, -0.2) is 29.4 Å². The van der Waals surface area contributed by atoms with Crippen molar-refractivity contribution in [2.24, 2.45) is 5.92 Å². The topological polar surface area (TPSA) is 47.0 Å². The standard InChI is InChI=1S/C14H25N3OS/c1-5-7-15-12-9-14(19-8-6-11(2)3)17-13(16-12)10-18-4/h9,11H,5-8,10H2,1-4H3,(H,15,16,17). The fraction of sp³-hybridized carbons (Fsp3) is 0.714. The molecule has 0 saturated heterocycles. The molecule has 1 heterocycles. The lowest BCUT2D eigenvalue weighted by molar-refractivity contribution is 0.177. The van der Waals surface area contributed by atoms with Gasteiger partial charge in [0.15, 0.2) is 5.82 Å².